The van der Waals surface area contributed by atoms with Crippen LogP contribution >= 0.6 is 33.9 Å². The van der Waals surface area contributed by atoms with E-state index in [-0.39, 0.29) is 5.91 Å². The van der Waals surface area contributed by atoms with Gasteiger partial charge in [0.05, 0.1) is 8.45 Å². The number of benzene rings is 1. The van der Waals surface area contributed by atoms with Crippen LogP contribution in [0.5, 0.6) is 0 Å². The lowest BCUT2D eigenvalue weighted by Crippen LogP contribution is -2.13. The number of hydrogen-bond acceptors (Lipinski definition) is 3. The quantitative estimate of drug-likeness (QED) is 0.814. The Morgan fingerprint density at radius 2 is 2.16 bits per heavy atom. The van der Waals surface area contributed by atoms with E-state index in [0.29, 0.717) is 5.56 Å². The van der Waals surface area contributed by atoms with Crippen molar-refractivity contribution in [3.8, 4) is 0 Å². The van der Waals surface area contributed by atoms with E-state index in [0.717, 1.165) is 15.1 Å². The summed E-state index contributed by atoms with van der Waals surface area (Å²) in [6, 6.07) is 9.84. The van der Waals surface area contributed by atoms with E-state index in [4.69, 9.17) is 0 Å². The summed E-state index contributed by atoms with van der Waals surface area (Å²) in [6.07, 6.45) is 0. The van der Waals surface area contributed by atoms with Crippen LogP contribution in [0.25, 0.3) is 0 Å². The average molecular weight is 386 g/mol. The number of nitrogens with zero attached hydrogens (tertiary/aromatic N) is 1. The maximum absolute atomic E-state index is 12.0. The fraction of sp³-hybridized carbons (Fsp3) is 0.214. The van der Waals surface area contributed by atoms with Crippen LogP contribution in [0.1, 0.15) is 15.9 Å². The van der Waals surface area contributed by atoms with Crippen molar-refractivity contribution in [2.24, 2.45) is 0 Å². The number of halogens is 1. The molecule has 1 N–H and O–H groups in total. The maximum atomic E-state index is 12.0. The van der Waals surface area contributed by atoms with Crippen LogP contribution in [0.3, 0.4) is 0 Å². The maximum Gasteiger partial charge on any atom is 0.256 e. The van der Waals surface area contributed by atoms with Crippen LogP contribution < -0.4 is 5.32 Å². The van der Waals surface area contributed by atoms with Crippen LogP contribution in [0.15, 0.2) is 35.7 Å². The Hall–Kier alpha value is -0.920. The van der Waals surface area contributed by atoms with E-state index in [1.165, 1.54) is 5.56 Å². The largest absolute Gasteiger partial charge is 0.322 e. The third-order valence-electron chi connectivity index (χ3n) is 2.51. The van der Waals surface area contributed by atoms with E-state index in [2.05, 4.69) is 38.9 Å². The molecule has 0 aliphatic rings. The average Bonchev–Trinajstić information content (AvgIpc) is 2.75. The smallest absolute Gasteiger partial charge is 0.256 e. The first-order chi connectivity index (χ1) is 9.04. The van der Waals surface area contributed by atoms with Gasteiger partial charge in [0.2, 0.25) is 0 Å². The highest BCUT2D eigenvalue weighted by molar-refractivity contribution is 14.1. The molecule has 1 aromatic carbocycles. The Morgan fingerprint density at radius 3 is 2.79 bits per heavy atom. The summed E-state index contributed by atoms with van der Waals surface area (Å²) in [5, 5.41) is 4.81. The van der Waals surface area contributed by atoms with Gasteiger partial charge in [-0.2, -0.15) is 0 Å². The number of nitrogens with one attached hydrogen (secondary N) is 1. The van der Waals surface area contributed by atoms with Gasteiger partial charge in [0.25, 0.3) is 5.91 Å². The Kier molecular flexibility index (Phi) is 4.95. The fourth-order valence-electron chi connectivity index (χ4n) is 1.74. The minimum Gasteiger partial charge on any atom is -0.322 e. The summed E-state index contributed by atoms with van der Waals surface area (Å²) < 4.78 is 1.11. The lowest BCUT2D eigenvalue weighted by atomic mass is 10.2. The van der Waals surface area contributed by atoms with E-state index in [9.17, 15) is 4.79 Å². The molecule has 19 heavy (non-hydrogen) atoms. The molecule has 0 atom stereocenters. The molecule has 3 nitrogen and oxygen atoms in total. The number of amides is 1. The van der Waals surface area contributed by atoms with Gasteiger partial charge < -0.3 is 10.2 Å². The molecule has 0 saturated carbocycles. The van der Waals surface area contributed by atoms with Gasteiger partial charge in [-0.25, -0.2) is 0 Å². The molecule has 2 rings (SSSR count). The molecule has 5 heteroatoms. The van der Waals surface area contributed by atoms with Crippen molar-refractivity contribution in [3.05, 3.63) is 49.7 Å². The highest BCUT2D eigenvalue weighted by Crippen LogP contribution is 2.18. The summed E-state index contributed by atoms with van der Waals surface area (Å²) in [6.45, 7) is 0.861. The molecule has 1 heterocycles. The van der Waals surface area contributed by atoms with Gasteiger partial charge in [-0.1, -0.05) is 12.1 Å². The molecule has 0 fully saturated rings. The van der Waals surface area contributed by atoms with Crippen LogP contribution in [0.4, 0.5) is 5.69 Å². The Morgan fingerprint density at radius 1 is 1.37 bits per heavy atom. The molecule has 0 bridgehead atoms. The molecule has 1 aromatic heterocycles. The van der Waals surface area contributed by atoms with Gasteiger partial charge in [-0.3, -0.25) is 4.79 Å². The summed E-state index contributed by atoms with van der Waals surface area (Å²) >= 11 is 3.79. The number of hydrogen-bond donors (Lipinski definition) is 1. The van der Waals surface area contributed by atoms with Gasteiger partial charge in [0.15, 0.2) is 0 Å². The van der Waals surface area contributed by atoms with Crippen LogP contribution in [-0.2, 0) is 6.54 Å². The standard InChI is InChI=1S/C14H15IN2OS/c1-17(2)8-10-4-3-5-12(6-10)16-14(18)11-7-13(15)19-9-11/h3-7,9H,8H2,1-2H3,(H,16,18). The van der Waals surface area contributed by atoms with Gasteiger partial charge in [0.1, 0.15) is 0 Å². The minimum absolute atomic E-state index is 0.0545. The molecular weight excluding hydrogens is 371 g/mol. The van der Waals surface area contributed by atoms with Crippen molar-refractivity contribution in [1.82, 2.24) is 4.90 Å². The van der Waals surface area contributed by atoms with Gasteiger partial charge in [-0.15, -0.1) is 11.3 Å². The van der Waals surface area contributed by atoms with E-state index < -0.39 is 0 Å². The fourth-order valence-corrected chi connectivity index (χ4v) is 3.07. The zero-order chi connectivity index (χ0) is 13.8. The second-order valence-corrected chi connectivity index (χ2v) is 7.34. The summed E-state index contributed by atoms with van der Waals surface area (Å²) in [7, 11) is 4.05. The third-order valence-corrected chi connectivity index (χ3v) is 4.30. The third kappa shape index (κ3) is 4.29. The lowest BCUT2D eigenvalue weighted by molar-refractivity contribution is 0.102. The molecule has 100 valence electrons. The van der Waals surface area contributed by atoms with Crippen molar-refractivity contribution >= 4 is 45.5 Å². The molecular formula is C14H15IN2OS. The molecule has 0 spiro atoms. The second kappa shape index (κ2) is 6.49. The summed E-state index contributed by atoms with van der Waals surface area (Å²) in [4.78, 5) is 14.1. The molecule has 1 amide bonds. The van der Waals surface area contributed by atoms with Crippen LogP contribution in [0.2, 0.25) is 0 Å². The first-order valence-corrected chi connectivity index (χ1v) is 7.79. The highest BCUT2D eigenvalue weighted by atomic mass is 127. The minimum atomic E-state index is -0.0545. The van der Waals surface area contributed by atoms with Crippen molar-refractivity contribution in [3.63, 3.8) is 0 Å². The van der Waals surface area contributed by atoms with Crippen LogP contribution in [0, 0.1) is 2.88 Å². The van der Waals surface area contributed by atoms with E-state index >= 15 is 0 Å². The Balaban J connectivity index is 2.08. The van der Waals surface area contributed by atoms with Crippen molar-refractivity contribution in [2.45, 2.75) is 6.54 Å². The predicted octanol–water partition coefficient (Wildman–Crippen LogP) is 3.67. The van der Waals surface area contributed by atoms with Gasteiger partial charge >= 0.3 is 0 Å². The molecule has 2 aromatic rings. The topological polar surface area (TPSA) is 32.3 Å². The SMILES string of the molecule is CN(C)Cc1cccc(NC(=O)c2csc(I)c2)c1. The lowest BCUT2D eigenvalue weighted by Gasteiger charge is -2.11. The molecule has 0 aliphatic heterocycles. The molecule has 0 radical (unpaired) electrons. The zero-order valence-electron chi connectivity index (χ0n) is 10.8. The number of rotatable bonds is 4. The number of anilines is 1. The van der Waals surface area contributed by atoms with Crippen molar-refractivity contribution in [1.29, 1.82) is 0 Å². The molecule has 0 aliphatic carbocycles. The van der Waals surface area contributed by atoms with Crippen molar-refractivity contribution in [2.75, 3.05) is 19.4 Å². The molecule has 0 saturated heterocycles. The van der Waals surface area contributed by atoms with E-state index in [1.807, 2.05) is 43.7 Å². The Bertz CT molecular complexity index is 580. The highest BCUT2D eigenvalue weighted by Gasteiger charge is 2.08. The van der Waals surface area contributed by atoms with Crippen LogP contribution in [-0.4, -0.2) is 24.9 Å². The summed E-state index contributed by atoms with van der Waals surface area (Å²) in [5.41, 5.74) is 2.74. The normalized spacial score (nSPS) is 10.7. The van der Waals surface area contributed by atoms with E-state index in [1.54, 1.807) is 11.3 Å². The zero-order valence-corrected chi connectivity index (χ0v) is 13.8. The Labute approximate surface area is 130 Å². The molecule has 0 unspecified atom stereocenters. The van der Waals surface area contributed by atoms with Crippen molar-refractivity contribution < 1.29 is 4.79 Å². The number of thiophene rings is 1. The number of carbonyl (C=O) groups is 1. The van der Waals surface area contributed by atoms with Gasteiger partial charge in [0, 0.05) is 17.6 Å². The van der Waals surface area contributed by atoms with Gasteiger partial charge in [-0.05, 0) is 60.4 Å². The first kappa shape index (κ1) is 14.5. The predicted molar refractivity (Wildman–Crippen MR) is 88.8 cm³/mol. The summed E-state index contributed by atoms with van der Waals surface area (Å²) in [5.74, 6) is -0.0545. The second-order valence-electron chi connectivity index (χ2n) is 4.53. The number of carbonyl (C=O) groups excluding carboxylic acids is 1. The first-order valence-electron chi connectivity index (χ1n) is 5.83. The monoisotopic (exact) mass is 386 g/mol.